The first-order chi connectivity index (χ1) is 9.47. The minimum Gasteiger partial charge on any atom is -0.310 e. The van der Waals surface area contributed by atoms with Crippen LogP contribution in [0.2, 0.25) is 0 Å². The number of halogens is 2. The van der Waals surface area contributed by atoms with Gasteiger partial charge < -0.3 is 5.32 Å². The van der Waals surface area contributed by atoms with Crippen molar-refractivity contribution >= 4 is 0 Å². The molecule has 3 heteroatoms. The number of hydrogen-bond donors (Lipinski definition) is 1. The van der Waals surface area contributed by atoms with Gasteiger partial charge in [-0.25, -0.2) is 8.78 Å². The smallest absolute Gasteiger partial charge is 0.133 e. The van der Waals surface area contributed by atoms with Crippen LogP contribution in [-0.4, -0.2) is 6.04 Å². The van der Waals surface area contributed by atoms with E-state index in [0.717, 1.165) is 23.7 Å². The first-order valence-corrected chi connectivity index (χ1v) is 6.75. The first-order valence-electron chi connectivity index (χ1n) is 6.75. The maximum absolute atomic E-state index is 13.9. The molecule has 0 radical (unpaired) electrons. The van der Waals surface area contributed by atoms with Crippen molar-refractivity contribution in [2.45, 2.75) is 33.4 Å². The maximum atomic E-state index is 13.9. The summed E-state index contributed by atoms with van der Waals surface area (Å²) >= 11 is 0. The lowest BCUT2D eigenvalue weighted by atomic mass is 10.0. The van der Waals surface area contributed by atoms with Gasteiger partial charge in [-0.1, -0.05) is 32.0 Å². The van der Waals surface area contributed by atoms with Crippen molar-refractivity contribution in [3.05, 3.63) is 59.2 Å². The Morgan fingerprint density at radius 1 is 1.05 bits per heavy atom. The van der Waals surface area contributed by atoms with Gasteiger partial charge in [0, 0.05) is 24.2 Å². The molecule has 0 unspecified atom stereocenters. The molecule has 20 heavy (non-hydrogen) atoms. The monoisotopic (exact) mass is 275 g/mol. The van der Waals surface area contributed by atoms with Crippen molar-refractivity contribution in [1.82, 2.24) is 5.32 Å². The second-order valence-corrected chi connectivity index (χ2v) is 5.32. The summed E-state index contributed by atoms with van der Waals surface area (Å²) < 4.78 is 27.2. The lowest BCUT2D eigenvalue weighted by Crippen LogP contribution is -2.21. The highest BCUT2D eigenvalue weighted by Crippen LogP contribution is 2.26. The van der Waals surface area contributed by atoms with Crippen LogP contribution in [0.1, 0.15) is 25.0 Å². The van der Waals surface area contributed by atoms with E-state index >= 15 is 0 Å². The van der Waals surface area contributed by atoms with E-state index in [9.17, 15) is 8.78 Å². The van der Waals surface area contributed by atoms with Crippen LogP contribution in [0.5, 0.6) is 0 Å². The molecule has 0 saturated heterocycles. The molecule has 2 aromatic rings. The zero-order valence-corrected chi connectivity index (χ0v) is 12.0. The van der Waals surface area contributed by atoms with E-state index in [1.165, 1.54) is 0 Å². The fourth-order valence-corrected chi connectivity index (χ4v) is 2.05. The first kappa shape index (κ1) is 14.7. The SMILES string of the molecule is Cc1cc(-c2cccc(CNC(C)C)c2)c(F)cc1F. The van der Waals surface area contributed by atoms with Crippen LogP contribution < -0.4 is 5.32 Å². The molecular weight excluding hydrogens is 256 g/mol. The second-order valence-electron chi connectivity index (χ2n) is 5.32. The van der Waals surface area contributed by atoms with Crippen molar-refractivity contribution in [2.75, 3.05) is 0 Å². The zero-order valence-electron chi connectivity index (χ0n) is 12.0. The molecule has 0 fully saturated rings. The van der Waals surface area contributed by atoms with E-state index in [2.05, 4.69) is 19.2 Å². The number of benzene rings is 2. The van der Waals surface area contributed by atoms with Crippen LogP contribution in [0.25, 0.3) is 11.1 Å². The third kappa shape index (κ3) is 3.42. The van der Waals surface area contributed by atoms with E-state index in [4.69, 9.17) is 0 Å². The molecule has 0 aliphatic heterocycles. The minimum absolute atomic E-state index is 0.392. The Kier molecular flexibility index (Phi) is 4.50. The van der Waals surface area contributed by atoms with Crippen molar-refractivity contribution in [1.29, 1.82) is 0 Å². The molecule has 106 valence electrons. The predicted octanol–water partition coefficient (Wildman–Crippen LogP) is 4.44. The van der Waals surface area contributed by atoms with Crippen LogP contribution in [0.3, 0.4) is 0 Å². The van der Waals surface area contributed by atoms with E-state index in [-0.39, 0.29) is 0 Å². The van der Waals surface area contributed by atoms with Crippen molar-refractivity contribution < 1.29 is 8.78 Å². The highest BCUT2D eigenvalue weighted by atomic mass is 19.1. The third-order valence-corrected chi connectivity index (χ3v) is 3.20. The Morgan fingerprint density at radius 3 is 2.50 bits per heavy atom. The topological polar surface area (TPSA) is 12.0 Å². The molecule has 2 aromatic carbocycles. The van der Waals surface area contributed by atoms with Crippen LogP contribution in [0.4, 0.5) is 8.78 Å². The summed E-state index contributed by atoms with van der Waals surface area (Å²) in [5, 5.41) is 3.32. The van der Waals surface area contributed by atoms with E-state index < -0.39 is 11.6 Å². The number of rotatable bonds is 4. The molecule has 0 heterocycles. The van der Waals surface area contributed by atoms with Gasteiger partial charge in [-0.2, -0.15) is 0 Å². The minimum atomic E-state index is -0.526. The number of hydrogen-bond acceptors (Lipinski definition) is 1. The summed E-state index contributed by atoms with van der Waals surface area (Å²) in [6.07, 6.45) is 0. The molecule has 2 rings (SSSR count). The van der Waals surface area contributed by atoms with E-state index in [1.807, 2.05) is 24.3 Å². The Bertz CT molecular complexity index is 606. The Labute approximate surface area is 118 Å². The van der Waals surface area contributed by atoms with E-state index in [1.54, 1.807) is 13.0 Å². The highest BCUT2D eigenvalue weighted by Gasteiger charge is 2.09. The molecule has 0 aliphatic rings. The summed E-state index contributed by atoms with van der Waals surface area (Å²) in [5.74, 6) is -1.04. The fourth-order valence-electron chi connectivity index (χ4n) is 2.05. The second kappa shape index (κ2) is 6.14. The predicted molar refractivity (Wildman–Crippen MR) is 78.5 cm³/mol. The van der Waals surface area contributed by atoms with Crippen LogP contribution in [0.15, 0.2) is 36.4 Å². The molecule has 0 bridgehead atoms. The number of aryl methyl sites for hydroxylation is 1. The molecule has 1 N–H and O–H groups in total. The molecule has 0 amide bonds. The van der Waals surface area contributed by atoms with Crippen molar-refractivity contribution in [2.24, 2.45) is 0 Å². The molecule has 0 atom stereocenters. The van der Waals surface area contributed by atoms with Gasteiger partial charge in [0.15, 0.2) is 0 Å². The lowest BCUT2D eigenvalue weighted by molar-refractivity contribution is 0.579. The number of nitrogens with one attached hydrogen (secondary N) is 1. The van der Waals surface area contributed by atoms with Gasteiger partial charge in [-0.05, 0) is 35.7 Å². The summed E-state index contributed by atoms with van der Waals surface area (Å²) in [7, 11) is 0. The quantitative estimate of drug-likeness (QED) is 0.870. The summed E-state index contributed by atoms with van der Waals surface area (Å²) in [5.41, 5.74) is 2.74. The summed E-state index contributed by atoms with van der Waals surface area (Å²) in [6, 6.07) is 10.6. The maximum Gasteiger partial charge on any atom is 0.133 e. The normalized spacial score (nSPS) is 11.1. The lowest BCUT2D eigenvalue weighted by Gasteiger charge is -2.11. The van der Waals surface area contributed by atoms with Gasteiger partial charge in [0.1, 0.15) is 11.6 Å². The van der Waals surface area contributed by atoms with Gasteiger partial charge in [0.25, 0.3) is 0 Å². The molecular formula is C17H19F2N. The molecule has 0 saturated carbocycles. The van der Waals surface area contributed by atoms with Crippen molar-refractivity contribution in [3.63, 3.8) is 0 Å². The average Bonchev–Trinajstić information content (AvgIpc) is 2.41. The van der Waals surface area contributed by atoms with Gasteiger partial charge in [0.05, 0.1) is 0 Å². The van der Waals surface area contributed by atoms with Crippen LogP contribution >= 0.6 is 0 Å². The molecule has 0 aliphatic carbocycles. The average molecular weight is 275 g/mol. The van der Waals surface area contributed by atoms with Crippen LogP contribution in [-0.2, 0) is 6.54 Å². The van der Waals surface area contributed by atoms with E-state index in [0.29, 0.717) is 17.2 Å². The summed E-state index contributed by atoms with van der Waals surface area (Å²) in [4.78, 5) is 0. The van der Waals surface area contributed by atoms with Crippen LogP contribution in [0, 0.1) is 18.6 Å². The van der Waals surface area contributed by atoms with Gasteiger partial charge in [-0.3, -0.25) is 0 Å². The Hall–Kier alpha value is -1.74. The highest BCUT2D eigenvalue weighted by molar-refractivity contribution is 5.65. The molecule has 1 nitrogen and oxygen atoms in total. The zero-order chi connectivity index (χ0) is 14.7. The third-order valence-electron chi connectivity index (χ3n) is 3.20. The fraction of sp³-hybridized carbons (Fsp3) is 0.294. The standard InChI is InChI=1S/C17H19F2N/c1-11(2)20-10-13-5-4-6-14(8-13)15-7-12(3)16(18)9-17(15)19/h4-9,11,20H,10H2,1-3H3. The molecule has 0 spiro atoms. The molecule has 0 aromatic heterocycles. The van der Waals surface area contributed by atoms with Gasteiger partial charge in [0.2, 0.25) is 0 Å². The van der Waals surface area contributed by atoms with Crippen molar-refractivity contribution in [3.8, 4) is 11.1 Å². The Morgan fingerprint density at radius 2 is 1.80 bits per heavy atom. The van der Waals surface area contributed by atoms with Gasteiger partial charge in [-0.15, -0.1) is 0 Å². The largest absolute Gasteiger partial charge is 0.310 e. The summed E-state index contributed by atoms with van der Waals surface area (Å²) in [6.45, 7) is 6.52. The Balaban J connectivity index is 2.33. The van der Waals surface area contributed by atoms with Gasteiger partial charge >= 0.3 is 0 Å².